The van der Waals surface area contributed by atoms with Crippen LogP contribution in [0.15, 0.2) is 36.9 Å². The molecular formula is C17H21ClN6O. The fraction of sp³-hybridized carbons (Fsp3) is 0.353. The Hall–Kier alpha value is -2.38. The minimum Gasteiger partial charge on any atom is -0.346 e. The number of nitrogens with zero attached hydrogens (tertiary/aromatic N) is 4. The lowest BCUT2D eigenvalue weighted by atomic mass is 10.1. The third-order valence-corrected chi connectivity index (χ3v) is 4.60. The molecule has 0 radical (unpaired) electrons. The Bertz CT molecular complexity index is 873. The van der Waals surface area contributed by atoms with Crippen molar-refractivity contribution in [2.75, 3.05) is 19.6 Å². The standard InChI is InChI=1S/C17H20N6O.ClH/c1-22-7-6-20-17(22)14-11-18-5-8-23(14)15(24)9-12-10-21-16-13(12)3-2-4-19-16;/h2-4,6-7,10,14,18H,5,8-9,11H2,1H3,(H,19,21);1H. The molecule has 1 saturated heterocycles. The second-order valence-corrected chi connectivity index (χ2v) is 6.09. The van der Waals surface area contributed by atoms with Crippen molar-refractivity contribution in [3.05, 3.63) is 48.3 Å². The lowest BCUT2D eigenvalue weighted by Gasteiger charge is -2.35. The van der Waals surface area contributed by atoms with Crippen LogP contribution in [0.25, 0.3) is 11.0 Å². The van der Waals surface area contributed by atoms with Gasteiger partial charge in [0, 0.05) is 56.9 Å². The number of pyridine rings is 1. The molecule has 132 valence electrons. The van der Waals surface area contributed by atoms with Crippen molar-refractivity contribution in [3.63, 3.8) is 0 Å². The van der Waals surface area contributed by atoms with E-state index in [4.69, 9.17) is 0 Å². The first-order valence-electron chi connectivity index (χ1n) is 8.12. The number of halogens is 1. The number of imidazole rings is 1. The summed E-state index contributed by atoms with van der Waals surface area (Å²) in [5, 5.41) is 4.37. The highest BCUT2D eigenvalue weighted by Gasteiger charge is 2.30. The van der Waals surface area contributed by atoms with Crippen LogP contribution < -0.4 is 5.32 Å². The Balaban J connectivity index is 0.00000182. The summed E-state index contributed by atoms with van der Waals surface area (Å²) < 4.78 is 1.98. The van der Waals surface area contributed by atoms with E-state index in [-0.39, 0.29) is 24.4 Å². The molecule has 4 heterocycles. The van der Waals surface area contributed by atoms with Crippen LogP contribution in [-0.2, 0) is 18.3 Å². The number of carbonyl (C=O) groups excluding carboxylic acids is 1. The Kier molecular flexibility index (Phi) is 5.06. The van der Waals surface area contributed by atoms with E-state index in [2.05, 4.69) is 20.3 Å². The number of rotatable bonds is 3. The average molecular weight is 361 g/mol. The zero-order valence-corrected chi connectivity index (χ0v) is 14.8. The molecule has 0 bridgehead atoms. The van der Waals surface area contributed by atoms with Crippen LogP contribution in [0.3, 0.4) is 0 Å². The van der Waals surface area contributed by atoms with Crippen LogP contribution in [0.1, 0.15) is 17.4 Å². The summed E-state index contributed by atoms with van der Waals surface area (Å²) in [6.07, 6.45) is 7.69. The van der Waals surface area contributed by atoms with Gasteiger partial charge in [-0.3, -0.25) is 4.79 Å². The Morgan fingerprint density at radius 3 is 3.04 bits per heavy atom. The predicted octanol–water partition coefficient (Wildman–Crippen LogP) is 1.43. The van der Waals surface area contributed by atoms with E-state index in [0.29, 0.717) is 13.0 Å². The van der Waals surface area contributed by atoms with Gasteiger partial charge in [-0.05, 0) is 17.7 Å². The lowest BCUT2D eigenvalue weighted by Crippen LogP contribution is -2.49. The Morgan fingerprint density at radius 1 is 1.36 bits per heavy atom. The largest absolute Gasteiger partial charge is 0.346 e. The van der Waals surface area contributed by atoms with Gasteiger partial charge in [-0.25, -0.2) is 9.97 Å². The van der Waals surface area contributed by atoms with E-state index in [9.17, 15) is 4.79 Å². The molecule has 0 aromatic carbocycles. The molecule has 0 saturated carbocycles. The predicted molar refractivity (Wildman–Crippen MR) is 97.6 cm³/mol. The number of aromatic nitrogens is 4. The summed E-state index contributed by atoms with van der Waals surface area (Å²) in [5.41, 5.74) is 1.81. The second kappa shape index (κ2) is 7.25. The van der Waals surface area contributed by atoms with Gasteiger partial charge in [-0.2, -0.15) is 0 Å². The molecule has 1 aliphatic rings. The highest BCUT2D eigenvalue weighted by Crippen LogP contribution is 2.23. The molecule has 1 aliphatic heterocycles. The first kappa shape index (κ1) is 17.4. The highest BCUT2D eigenvalue weighted by atomic mass is 35.5. The number of carbonyl (C=O) groups is 1. The maximum absolute atomic E-state index is 13.0. The third kappa shape index (κ3) is 3.25. The summed E-state index contributed by atoms with van der Waals surface area (Å²) in [6.45, 7) is 2.23. The minimum atomic E-state index is -0.0328. The fourth-order valence-electron chi connectivity index (χ4n) is 3.36. The van der Waals surface area contributed by atoms with Crippen LogP contribution >= 0.6 is 12.4 Å². The van der Waals surface area contributed by atoms with Crippen molar-refractivity contribution in [1.29, 1.82) is 0 Å². The molecule has 2 N–H and O–H groups in total. The Morgan fingerprint density at radius 2 is 2.24 bits per heavy atom. The van der Waals surface area contributed by atoms with Gasteiger partial charge in [-0.15, -0.1) is 12.4 Å². The summed E-state index contributed by atoms with van der Waals surface area (Å²) in [4.78, 5) is 26.7. The van der Waals surface area contributed by atoms with Gasteiger partial charge in [0.2, 0.25) is 5.91 Å². The number of piperazine rings is 1. The van der Waals surface area contributed by atoms with E-state index >= 15 is 0 Å². The number of aryl methyl sites for hydroxylation is 1. The summed E-state index contributed by atoms with van der Waals surface area (Å²) in [7, 11) is 1.96. The van der Waals surface area contributed by atoms with Gasteiger partial charge >= 0.3 is 0 Å². The number of nitrogens with one attached hydrogen (secondary N) is 2. The topological polar surface area (TPSA) is 78.8 Å². The molecular weight excluding hydrogens is 340 g/mol. The van der Waals surface area contributed by atoms with Crippen LogP contribution in [0, 0.1) is 0 Å². The number of fused-ring (bicyclic) bond motifs is 1. The van der Waals surface area contributed by atoms with Gasteiger partial charge in [0.05, 0.1) is 6.42 Å². The molecule has 7 nitrogen and oxygen atoms in total. The van der Waals surface area contributed by atoms with Crippen molar-refractivity contribution in [2.45, 2.75) is 12.5 Å². The van der Waals surface area contributed by atoms with Gasteiger partial charge in [0.1, 0.15) is 17.5 Å². The quantitative estimate of drug-likeness (QED) is 0.740. The van der Waals surface area contributed by atoms with Crippen molar-refractivity contribution in [2.24, 2.45) is 7.05 Å². The maximum Gasteiger partial charge on any atom is 0.227 e. The number of amides is 1. The molecule has 1 amide bonds. The lowest BCUT2D eigenvalue weighted by molar-refractivity contribution is -0.134. The number of hydrogen-bond donors (Lipinski definition) is 2. The maximum atomic E-state index is 13.0. The summed E-state index contributed by atoms with van der Waals surface area (Å²) in [6, 6.07) is 3.86. The SMILES string of the molecule is Cl.Cn1ccnc1C1CNCCN1C(=O)Cc1c[nH]c2ncccc12. The van der Waals surface area contributed by atoms with Crippen LogP contribution in [-0.4, -0.2) is 50.0 Å². The van der Waals surface area contributed by atoms with Crippen LogP contribution in [0.4, 0.5) is 0 Å². The smallest absolute Gasteiger partial charge is 0.227 e. The first-order chi connectivity index (χ1) is 11.7. The molecule has 3 aromatic rings. The van der Waals surface area contributed by atoms with Crippen molar-refractivity contribution < 1.29 is 4.79 Å². The average Bonchev–Trinajstić information content (AvgIpc) is 3.21. The first-order valence-corrected chi connectivity index (χ1v) is 8.12. The number of hydrogen-bond acceptors (Lipinski definition) is 4. The molecule has 1 atom stereocenters. The highest BCUT2D eigenvalue weighted by molar-refractivity contribution is 5.87. The summed E-state index contributed by atoms with van der Waals surface area (Å²) >= 11 is 0. The van der Waals surface area contributed by atoms with E-state index in [1.807, 2.05) is 41.0 Å². The molecule has 3 aromatic heterocycles. The van der Waals surface area contributed by atoms with Crippen molar-refractivity contribution >= 4 is 29.3 Å². The van der Waals surface area contributed by atoms with E-state index < -0.39 is 0 Å². The van der Waals surface area contributed by atoms with Gasteiger partial charge in [0.15, 0.2) is 0 Å². The van der Waals surface area contributed by atoms with Crippen molar-refractivity contribution in [3.8, 4) is 0 Å². The molecule has 0 aliphatic carbocycles. The normalized spacial score (nSPS) is 17.5. The van der Waals surface area contributed by atoms with Gasteiger partial charge in [-0.1, -0.05) is 0 Å². The van der Waals surface area contributed by atoms with Gasteiger partial charge in [0.25, 0.3) is 0 Å². The third-order valence-electron chi connectivity index (χ3n) is 4.60. The monoisotopic (exact) mass is 360 g/mol. The second-order valence-electron chi connectivity index (χ2n) is 6.09. The number of aromatic amines is 1. The zero-order valence-electron chi connectivity index (χ0n) is 14.0. The van der Waals surface area contributed by atoms with Crippen LogP contribution in [0.5, 0.6) is 0 Å². The molecule has 4 rings (SSSR count). The molecule has 1 unspecified atom stereocenters. The minimum absolute atomic E-state index is 0. The van der Waals surface area contributed by atoms with Crippen LogP contribution in [0.2, 0.25) is 0 Å². The molecule has 25 heavy (non-hydrogen) atoms. The Labute approximate surface area is 151 Å². The van der Waals surface area contributed by atoms with E-state index in [1.54, 1.807) is 12.4 Å². The van der Waals surface area contributed by atoms with Gasteiger partial charge < -0.3 is 19.8 Å². The fourth-order valence-corrected chi connectivity index (χ4v) is 3.36. The van der Waals surface area contributed by atoms with Crippen molar-refractivity contribution in [1.82, 2.24) is 29.7 Å². The number of H-pyrrole nitrogens is 1. The molecule has 1 fully saturated rings. The van der Waals surface area contributed by atoms with E-state index in [0.717, 1.165) is 35.5 Å². The zero-order chi connectivity index (χ0) is 16.5. The molecule has 0 spiro atoms. The molecule has 8 heteroatoms. The summed E-state index contributed by atoms with van der Waals surface area (Å²) in [5.74, 6) is 1.03. The van der Waals surface area contributed by atoms with E-state index in [1.165, 1.54) is 0 Å².